The average molecular weight is 344 g/mol. The second-order valence-electron chi connectivity index (χ2n) is 5.53. The second kappa shape index (κ2) is 9.61. The highest BCUT2D eigenvalue weighted by atomic mass is 19.1. The van der Waals surface area contributed by atoms with Crippen LogP contribution in [0.4, 0.5) is 4.39 Å². The van der Waals surface area contributed by atoms with E-state index < -0.39 is 0 Å². The Morgan fingerprint density at radius 2 is 2.08 bits per heavy atom. The van der Waals surface area contributed by atoms with Gasteiger partial charge in [-0.05, 0) is 44.0 Å². The van der Waals surface area contributed by atoms with E-state index in [0.717, 1.165) is 17.7 Å². The predicted octanol–water partition coefficient (Wildman–Crippen LogP) is 3.18. The quantitative estimate of drug-likeness (QED) is 0.598. The van der Waals surface area contributed by atoms with Crippen molar-refractivity contribution in [2.75, 3.05) is 13.2 Å². The molecular weight excluding hydrogens is 319 g/mol. The van der Waals surface area contributed by atoms with Crippen molar-refractivity contribution in [3.8, 4) is 5.88 Å². The zero-order valence-electron chi connectivity index (χ0n) is 15.0. The highest BCUT2D eigenvalue weighted by molar-refractivity contribution is 5.79. The highest BCUT2D eigenvalue weighted by Gasteiger charge is 2.06. The molecule has 0 atom stereocenters. The highest BCUT2D eigenvalue weighted by Crippen LogP contribution is 2.14. The van der Waals surface area contributed by atoms with Crippen LogP contribution in [0.1, 0.15) is 30.5 Å². The van der Waals surface area contributed by atoms with Gasteiger partial charge in [0.2, 0.25) is 5.88 Å². The van der Waals surface area contributed by atoms with Crippen LogP contribution in [0, 0.1) is 12.7 Å². The number of benzene rings is 1. The Hall–Kier alpha value is -2.63. The lowest BCUT2D eigenvalue weighted by Gasteiger charge is -2.13. The summed E-state index contributed by atoms with van der Waals surface area (Å²) in [6, 6.07) is 9.02. The molecule has 2 rings (SSSR count). The van der Waals surface area contributed by atoms with Crippen molar-refractivity contribution in [1.29, 1.82) is 0 Å². The number of aromatic nitrogens is 1. The number of ether oxygens (including phenoxy) is 1. The summed E-state index contributed by atoms with van der Waals surface area (Å²) in [7, 11) is 0. The van der Waals surface area contributed by atoms with Gasteiger partial charge >= 0.3 is 0 Å². The van der Waals surface area contributed by atoms with E-state index >= 15 is 0 Å². The van der Waals surface area contributed by atoms with E-state index in [0.29, 0.717) is 37.1 Å². The molecule has 2 N–H and O–H groups in total. The van der Waals surface area contributed by atoms with Crippen molar-refractivity contribution in [3.63, 3.8) is 0 Å². The van der Waals surface area contributed by atoms with E-state index in [1.54, 1.807) is 19.2 Å². The summed E-state index contributed by atoms with van der Waals surface area (Å²) in [4.78, 5) is 8.75. The van der Waals surface area contributed by atoms with E-state index in [4.69, 9.17) is 4.74 Å². The summed E-state index contributed by atoms with van der Waals surface area (Å²) < 4.78 is 19.2. The first-order valence-corrected chi connectivity index (χ1v) is 8.48. The van der Waals surface area contributed by atoms with Crippen molar-refractivity contribution in [1.82, 2.24) is 15.6 Å². The zero-order valence-corrected chi connectivity index (χ0v) is 15.0. The normalized spacial score (nSPS) is 11.3. The molecule has 0 aliphatic rings. The van der Waals surface area contributed by atoms with Crippen LogP contribution in [0.5, 0.6) is 5.88 Å². The molecule has 0 saturated heterocycles. The molecule has 134 valence electrons. The lowest BCUT2D eigenvalue weighted by molar-refractivity contribution is 0.322. The van der Waals surface area contributed by atoms with Crippen LogP contribution in [-0.2, 0) is 13.1 Å². The number of hydrogen-bond donors (Lipinski definition) is 2. The molecule has 0 aliphatic carbocycles. The fourth-order valence-electron chi connectivity index (χ4n) is 2.25. The second-order valence-corrected chi connectivity index (χ2v) is 5.53. The van der Waals surface area contributed by atoms with Crippen molar-refractivity contribution in [3.05, 3.63) is 59.0 Å². The minimum Gasteiger partial charge on any atom is -0.478 e. The third-order valence-electron chi connectivity index (χ3n) is 3.58. The van der Waals surface area contributed by atoms with Gasteiger partial charge in [-0.2, -0.15) is 0 Å². The van der Waals surface area contributed by atoms with E-state index in [1.165, 1.54) is 6.07 Å². The number of guanidine groups is 1. The molecule has 1 aromatic heterocycles. The number of rotatable bonds is 7. The largest absolute Gasteiger partial charge is 0.478 e. The molecule has 1 aromatic carbocycles. The molecule has 0 saturated carbocycles. The molecule has 0 aliphatic heterocycles. The molecule has 0 fully saturated rings. The fraction of sp³-hybridized carbons (Fsp3) is 0.368. The first-order chi connectivity index (χ1) is 12.1. The van der Waals surface area contributed by atoms with Gasteiger partial charge in [-0.25, -0.2) is 14.4 Å². The number of aryl methyl sites for hydroxylation is 1. The molecule has 25 heavy (non-hydrogen) atoms. The average Bonchev–Trinajstić information content (AvgIpc) is 2.61. The Balaban J connectivity index is 2.03. The summed E-state index contributed by atoms with van der Waals surface area (Å²) >= 11 is 0. The van der Waals surface area contributed by atoms with Crippen LogP contribution in [-0.4, -0.2) is 24.1 Å². The standard InChI is InChI=1S/C19H25FN4O/c1-4-21-19(23-12-15-9-8-14(3)17(20)11-15)24-13-16-7-6-10-22-18(16)25-5-2/h6-11H,4-5,12-13H2,1-3H3,(H2,21,23,24). The van der Waals surface area contributed by atoms with Crippen molar-refractivity contribution in [2.24, 2.45) is 4.99 Å². The summed E-state index contributed by atoms with van der Waals surface area (Å²) in [5.74, 6) is 1.08. The number of nitrogens with one attached hydrogen (secondary N) is 2. The van der Waals surface area contributed by atoms with Crippen LogP contribution < -0.4 is 15.4 Å². The Bertz CT molecular complexity index is 718. The smallest absolute Gasteiger partial charge is 0.218 e. The number of aliphatic imine (C=N–C) groups is 1. The summed E-state index contributed by atoms with van der Waals surface area (Å²) in [6.45, 7) is 7.92. The van der Waals surface area contributed by atoms with Gasteiger partial charge < -0.3 is 15.4 Å². The van der Waals surface area contributed by atoms with E-state index in [2.05, 4.69) is 20.6 Å². The third kappa shape index (κ3) is 5.74. The van der Waals surface area contributed by atoms with Crippen LogP contribution >= 0.6 is 0 Å². The third-order valence-corrected chi connectivity index (χ3v) is 3.58. The molecule has 5 nitrogen and oxygen atoms in total. The SMILES string of the molecule is CCNC(=NCc1ccc(C)c(F)c1)NCc1cccnc1OCC. The van der Waals surface area contributed by atoms with Crippen LogP contribution in [0.15, 0.2) is 41.5 Å². The minimum atomic E-state index is -0.206. The lowest BCUT2D eigenvalue weighted by atomic mass is 10.1. The zero-order chi connectivity index (χ0) is 18.1. The summed E-state index contributed by atoms with van der Waals surface area (Å²) in [5, 5.41) is 6.44. The van der Waals surface area contributed by atoms with Crippen molar-refractivity contribution < 1.29 is 9.13 Å². The topological polar surface area (TPSA) is 58.5 Å². The molecule has 2 aromatic rings. The van der Waals surface area contributed by atoms with Gasteiger partial charge in [-0.15, -0.1) is 0 Å². The van der Waals surface area contributed by atoms with Crippen molar-refractivity contribution >= 4 is 5.96 Å². The predicted molar refractivity (Wildman–Crippen MR) is 98.2 cm³/mol. The van der Waals surface area contributed by atoms with Gasteiger partial charge in [0.15, 0.2) is 5.96 Å². The Kier molecular flexibility index (Phi) is 7.19. The molecule has 0 radical (unpaired) electrons. The molecule has 6 heteroatoms. The van der Waals surface area contributed by atoms with Crippen LogP contribution in [0.3, 0.4) is 0 Å². The fourth-order valence-corrected chi connectivity index (χ4v) is 2.25. The first-order valence-electron chi connectivity index (χ1n) is 8.48. The summed E-state index contributed by atoms with van der Waals surface area (Å²) in [6.07, 6.45) is 1.71. The first kappa shape index (κ1) is 18.7. The molecule has 0 spiro atoms. The molecular formula is C19H25FN4O. The lowest BCUT2D eigenvalue weighted by Crippen LogP contribution is -2.36. The molecule has 0 bridgehead atoms. The maximum absolute atomic E-state index is 13.6. The number of halogens is 1. The van der Waals surface area contributed by atoms with Gasteiger partial charge in [0, 0.05) is 24.8 Å². The van der Waals surface area contributed by atoms with Gasteiger partial charge in [0.05, 0.1) is 13.2 Å². The van der Waals surface area contributed by atoms with Crippen LogP contribution in [0.2, 0.25) is 0 Å². The molecule has 1 heterocycles. The van der Waals surface area contributed by atoms with Gasteiger partial charge in [0.1, 0.15) is 5.82 Å². The maximum atomic E-state index is 13.6. The monoisotopic (exact) mass is 344 g/mol. The molecule has 0 amide bonds. The van der Waals surface area contributed by atoms with Crippen molar-refractivity contribution in [2.45, 2.75) is 33.9 Å². The van der Waals surface area contributed by atoms with Gasteiger partial charge in [0.25, 0.3) is 0 Å². The number of nitrogens with zero attached hydrogens (tertiary/aromatic N) is 2. The van der Waals surface area contributed by atoms with E-state index in [-0.39, 0.29) is 5.82 Å². The number of pyridine rings is 1. The Morgan fingerprint density at radius 3 is 2.80 bits per heavy atom. The van der Waals surface area contributed by atoms with Gasteiger partial charge in [-0.1, -0.05) is 18.2 Å². The van der Waals surface area contributed by atoms with E-state index in [1.807, 2.05) is 32.0 Å². The van der Waals surface area contributed by atoms with Crippen LogP contribution in [0.25, 0.3) is 0 Å². The van der Waals surface area contributed by atoms with Gasteiger partial charge in [-0.3, -0.25) is 0 Å². The molecule has 0 unspecified atom stereocenters. The number of hydrogen-bond acceptors (Lipinski definition) is 3. The van der Waals surface area contributed by atoms with E-state index in [9.17, 15) is 4.39 Å². The minimum absolute atomic E-state index is 0.206. The maximum Gasteiger partial charge on any atom is 0.218 e. The Labute approximate surface area is 148 Å². The summed E-state index contributed by atoms with van der Waals surface area (Å²) in [5.41, 5.74) is 2.42. The Morgan fingerprint density at radius 1 is 1.24 bits per heavy atom.